The summed E-state index contributed by atoms with van der Waals surface area (Å²) >= 11 is 12.8. The van der Waals surface area contributed by atoms with E-state index in [4.69, 9.17) is 32.7 Å². The average Bonchev–Trinajstić information content (AvgIpc) is 2.91. The first kappa shape index (κ1) is 15.6. The molecule has 0 aromatic heterocycles. The Kier molecular flexibility index (Phi) is 4.77. The van der Waals surface area contributed by atoms with Crippen LogP contribution >= 0.6 is 23.2 Å². The lowest BCUT2D eigenvalue weighted by Gasteiger charge is -2.40. The molecule has 3 unspecified atom stereocenters. The van der Waals surface area contributed by atoms with Crippen LogP contribution in [0, 0.1) is 5.92 Å². The third kappa shape index (κ3) is 3.08. The molecule has 3 atom stereocenters. The predicted octanol–water partition coefficient (Wildman–Crippen LogP) is 3.84. The van der Waals surface area contributed by atoms with Crippen LogP contribution in [0.15, 0.2) is 18.2 Å². The summed E-state index contributed by atoms with van der Waals surface area (Å²) in [6, 6.07) is 5.84. The van der Waals surface area contributed by atoms with Gasteiger partial charge < -0.3 is 14.8 Å². The Balaban J connectivity index is 1.86. The third-order valence-corrected chi connectivity index (χ3v) is 5.35. The van der Waals surface area contributed by atoms with Crippen LogP contribution in [0.5, 0.6) is 0 Å². The van der Waals surface area contributed by atoms with Crippen LogP contribution in [0.2, 0.25) is 10.0 Å². The first-order valence-electron chi connectivity index (χ1n) is 7.48. The molecule has 1 aromatic carbocycles. The first-order chi connectivity index (χ1) is 10.2. The Bertz CT molecular complexity index is 483. The van der Waals surface area contributed by atoms with Crippen molar-refractivity contribution < 1.29 is 9.47 Å². The van der Waals surface area contributed by atoms with E-state index in [2.05, 4.69) is 5.32 Å². The fourth-order valence-corrected chi connectivity index (χ4v) is 4.27. The molecule has 2 fully saturated rings. The zero-order valence-electron chi connectivity index (χ0n) is 12.2. The predicted molar refractivity (Wildman–Crippen MR) is 85.1 cm³/mol. The molecule has 2 aliphatic heterocycles. The minimum Gasteiger partial charge on any atom is -0.378 e. The van der Waals surface area contributed by atoms with Gasteiger partial charge in [-0.05, 0) is 37.9 Å². The Morgan fingerprint density at radius 3 is 2.67 bits per heavy atom. The van der Waals surface area contributed by atoms with Crippen molar-refractivity contribution in [2.24, 2.45) is 5.92 Å². The van der Waals surface area contributed by atoms with Gasteiger partial charge in [0.1, 0.15) is 0 Å². The SMILES string of the molecule is CNC(c1c(Cl)cccc1Cl)C1CCOC2(CCOC2)C1. The summed E-state index contributed by atoms with van der Waals surface area (Å²) in [5.41, 5.74) is 0.899. The highest BCUT2D eigenvalue weighted by Gasteiger charge is 2.43. The van der Waals surface area contributed by atoms with E-state index < -0.39 is 0 Å². The van der Waals surface area contributed by atoms with Crippen molar-refractivity contribution in [3.63, 3.8) is 0 Å². The number of hydrogen-bond acceptors (Lipinski definition) is 3. The van der Waals surface area contributed by atoms with Gasteiger partial charge in [0.25, 0.3) is 0 Å². The van der Waals surface area contributed by atoms with Crippen molar-refractivity contribution in [1.82, 2.24) is 5.32 Å². The van der Waals surface area contributed by atoms with Crippen molar-refractivity contribution in [1.29, 1.82) is 0 Å². The van der Waals surface area contributed by atoms with Crippen LogP contribution in [0.25, 0.3) is 0 Å². The lowest BCUT2D eigenvalue weighted by Crippen LogP contribution is -2.43. The molecule has 1 spiro atoms. The summed E-state index contributed by atoms with van der Waals surface area (Å²) in [5.74, 6) is 0.447. The van der Waals surface area contributed by atoms with Crippen LogP contribution < -0.4 is 5.32 Å². The Morgan fingerprint density at radius 1 is 1.29 bits per heavy atom. The van der Waals surface area contributed by atoms with Gasteiger partial charge in [0.05, 0.1) is 12.2 Å². The van der Waals surface area contributed by atoms with Gasteiger partial charge in [0, 0.05) is 41.3 Å². The third-order valence-electron chi connectivity index (χ3n) is 4.69. The van der Waals surface area contributed by atoms with Gasteiger partial charge in [0.2, 0.25) is 0 Å². The molecule has 116 valence electrons. The lowest BCUT2D eigenvalue weighted by molar-refractivity contribution is -0.103. The standard InChI is InChI=1S/C16H21Cl2NO2/c1-19-15(14-12(17)3-2-4-13(14)18)11-5-7-21-16(9-11)6-8-20-10-16/h2-4,11,15,19H,5-10H2,1H3. The zero-order chi connectivity index (χ0) is 14.9. The Hall–Kier alpha value is -0.320. The van der Waals surface area contributed by atoms with E-state index in [0.717, 1.165) is 48.1 Å². The molecule has 0 radical (unpaired) electrons. The second-order valence-corrected chi connectivity index (χ2v) is 6.80. The second kappa shape index (κ2) is 6.43. The van der Waals surface area contributed by atoms with Gasteiger partial charge in [-0.15, -0.1) is 0 Å². The van der Waals surface area contributed by atoms with Gasteiger partial charge in [-0.3, -0.25) is 0 Å². The van der Waals surface area contributed by atoms with Crippen LogP contribution in [-0.2, 0) is 9.47 Å². The lowest BCUT2D eigenvalue weighted by atomic mass is 9.79. The summed E-state index contributed by atoms with van der Waals surface area (Å²) in [5, 5.41) is 4.86. The van der Waals surface area contributed by atoms with E-state index in [-0.39, 0.29) is 11.6 Å². The fourth-order valence-electron chi connectivity index (χ4n) is 3.64. The van der Waals surface area contributed by atoms with Crippen LogP contribution in [0.4, 0.5) is 0 Å². The number of nitrogens with one attached hydrogen (secondary N) is 1. The molecule has 1 aromatic rings. The molecule has 3 rings (SSSR count). The minimum absolute atomic E-state index is 0.105. The van der Waals surface area contributed by atoms with E-state index in [1.54, 1.807) is 0 Å². The summed E-state index contributed by atoms with van der Waals surface area (Å²) < 4.78 is 11.6. The van der Waals surface area contributed by atoms with Crippen LogP contribution in [0.3, 0.4) is 0 Å². The monoisotopic (exact) mass is 329 g/mol. The normalized spacial score (nSPS) is 30.7. The highest BCUT2D eigenvalue weighted by atomic mass is 35.5. The summed E-state index contributed by atoms with van der Waals surface area (Å²) in [6.45, 7) is 2.27. The van der Waals surface area contributed by atoms with E-state index in [0.29, 0.717) is 12.5 Å². The molecule has 0 aliphatic carbocycles. The summed E-state index contributed by atoms with van der Waals surface area (Å²) in [4.78, 5) is 0. The van der Waals surface area contributed by atoms with Crippen molar-refractivity contribution in [2.75, 3.05) is 26.9 Å². The smallest absolute Gasteiger partial charge is 0.0940 e. The van der Waals surface area contributed by atoms with Gasteiger partial charge in [-0.25, -0.2) is 0 Å². The molecule has 5 heteroatoms. The molecule has 2 heterocycles. The van der Waals surface area contributed by atoms with E-state index in [9.17, 15) is 0 Å². The van der Waals surface area contributed by atoms with E-state index >= 15 is 0 Å². The molecule has 2 aliphatic rings. The molecule has 0 amide bonds. The quantitative estimate of drug-likeness (QED) is 0.913. The van der Waals surface area contributed by atoms with Gasteiger partial charge in [-0.2, -0.15) is 0 Å². The minimum atomic E-state index is -0.105. The van der Waals surface area contributed by atoms with Crippen molar-refractivity contribution in [3.05, 3.63) is 33.8 Å². The first-order valence-corrected chi connectivity index (χ1v) is 8.24. The largest absolute Gasteiger partial charge is 0.378 e. The molecule has 21 heavy (non-hydrogen) atoms. The van der Waals surface area contributed by atoms with Gasteiger partial charge in [-0.1, -0.05) is 29.3 Å². The van der Waals surface area contributed by atoms with E-state index in [1.807, 2.05) is 25.2 Å². The Labute approximate surface area is 135 Å². The maximum atomic E-state index is 6.39. The van der Waals surface area contributed by atoms with E-state index in [1.165, 1.54) is 0 Å². The van der Waals surface area contributed by atoms with Crippen molar-refractivity contribution in [2.45, 2.75) is 30.9 Å². The average molecular weight is 330 g/mol. The number of rotatable bonds is 3. The molecular weight excluding hydrogens is 309 g/mol. The molecule has 0 saturated carbocycles. The number of hydrogen-bond donors (Lipinski definition) is 1. The highest BCUT2D eigenvalue weighted by Crippen LogP contribution is 2.43. The van der Waals surface area contributed by atoms with Crippen LogP contribution in [0.1, 0.15) is 30.9 Å². The fraction of sp³-hybridized carbons (Fsp3) is 0.625. The number of benzene rings is 1. The zero-order valence-corrected chi connectivity index (χ0v) is 13.7. The maximum absolute atomic E-state index is 6.39. The second-order valence-electron chi connectivity index (χ2n) is 5.99. The molecule has 1 N–H and O–H groups in total. The Morgan fingerprint density at radius 2 is 2.05 bits per heavy atom. The topological polar surface area (TPSA) is 30.5 Å². The highest BCUT2D eigenvalue weighted by molar-refractivity contribution is 6.36. The van der Waals surface area contributed by atoms with Crippen molar-refractivity contribution in [3.8, 4) is 0 Å². The molecule has 3 nitrogen and oxygen atoms in total. The van der Waals surface area contributed by atoms with Crippen molar-refractivity contribution >= 4 is 23.2 Å². The molecule has 2 saturated heterocycles. The number of halogens is 2. The van der Waals surface area contributed by atoms with Crippen LogP contribution in [-0.4, -0.2) is 32.5 Å². The maximum Gasteiger partial charge on any atom is 0.0940 e. The summed E-state index contributed by atoms with van der Waals surface area (Å²) in [6.07, 6.45) is 2.98. The molecule has 0 bridgehead atoms. The van der Waals surface area contributed by atoms with Gasteiger partial charge >= 0.3 is 0 Å². The molecular formula is C16H21Cl2NO2. The summed E-state index contributed by atoms with van der Waals surface area (Å²) in [7, 11) is 1.97. The van der Waals surface area contributed by atoms with Gasteiger partial charge in [0.15, 0.2) is 0 Å². The number of ether oxygens (including phenoxy) is 2.